The van der Waals surface area contributed by atoms with Gasteiger partial charge in [-0.2, -0.15) is 0 Å². The first-order chi connectivity index (χ1) is 14.5. The van der Waals surface area contributed by atoms with Crippen LogP contribution in [0.5, 0.6) is 11.5 Å². The summed E-state index contributed by atoms with van der Waals surface area (Å²) in [4.78, 5) is 12.2. The molecule has 0 saturated carbocycles. The molecule has 1 aromatic heterocycles. The number of methoxy groups -OCH3 is 1. The van der Waals surface area contributed by atoms with E-state index in [0.29, 0.717) is 34.7 Å². The molecule has 1 atom stereocenters. The molecule has 3 rings (SSSR count). The molecule has 7 nitrogen and oxygen atoms in total. The molecule has 0 aliphatic heterocycles. The molecule has 0 saturated heterocycles. The second-order valence-corrected chi connectivity index (χ2v) is 7.29. The van der Waals surface area contributed by atoms with Crippen molar-refractivity contribution in [1.82, 2.24) is 14.8 Å². The van der Waals surface area contributed by atoms with Gasteiger partial charge in [-0.05, 0) is 44.2 Å². The van der Waals surface area contributed by atoms with Crippen molar-refractivity contribution < 1.29 is 18.7 Å². The highest BCUT2D eigenvalue weighted by molar-refractivity contribution is 7.99. The van der Waals surface area contributed by atoms with Crippen LogP contribution in [0, 0.1) is 5.82 Å². The number of carbonyl (C=O) groups is 1. The lowest BCUT2D eigenvalue weighted by Gasteiger charge is -2.17. The number of nitrogens with zero attached hydrogens (tertiary/aromatic N) is 3. The first-order valence-corrected chi connectivity index (χ1v) is 10.4. The number of para-hydroxylation sites is 2. The van der Waals surface area contributed by atoms with Crippen molar-refractivity contribution in [3.63, 3.8) is 0 Å². The van der Waals surface area contributed by atoms with Gasteiger partial charge in [-0.3, -0.25) is 4.79 Å². The van der Waals surface area contributed by atoms with Gasteiger partial charge in [-0.15, -0.1) is 10.2 Å². The molecule has 1 N–H and O–H groups in total. The van der Waals surface area contributed by atoms with Crippen molar-refractivity contribution in [2.45, 2.75) is 31.7 Å². The summed E-state index contributed by atoms with van der Waals surface area (Å²) >= 11 is 1.26. The van der Waals surface area contributed by atoms with Gasteiger partial charge < -0.3 is 19.4 Å². The first-order valence-electron chi connectivity index (χ1n) is 9.42. The Morgan fingerprint density at radius 1 is 1.20 bits per heavy atom. The largest absolute Gasteiger partial charge is 0.493 e. The predicted octanol–water partition coefficient (Wildman–Crippen LogP) is 4.32. The summed E-state index contributed by atoms with van der Waals surface area (Å²) in [5.74, 6) is 1.36. The number of ether oxygens (including phenoxy) is 2. The number of thioether (sulfide) groups is 1. The van der Waals surface area contributed by atoms with E-state index in [-0.39, 0.29) is 17.8 Å². The van der Waals surface area contributed by atoms with E-state index in [1.807, 2.05) is 42.7 Å². The highest BCUT2D eigenvalue weighted by Crippen LogP contribution is 2.31. The molecule has 0 spiro atoms. The fraction of sp³-hybridized carbons (Fsp3) is 0.286. The van der Waals surface area contributed by atoms with Crippen LogP contribution in [0.15, 0.2) is 53.7 Å². The lowest BCUT2D eigenvalue weighted by molar-refractivity contribution is -0.113. The second kappa shape index (κ2) is 10.1. The molecule has 9 heteroatoms. The molecular formula is C21H23FN4O3S. The monoisotopic (exact) mass is 430 g/mol. The SMILES string of the molecule is CCn1c(SCC(=O)Nc2cccc(F)c2)nnc1C(C)Oc1ccccc1OC. The van der Waals surface area contributed by atoms with E-state index >= 15 is 0 Å². The third-order valence-corrected chi connectivity index (χ3v) is 5.21. The highest BCUT2D eigenvalue weighted by atomic mass is 32.2. The van der Waals surface area contributed by atoms with Gasteiger partial charge in [0.15, 0.2) is 28.6 Å². The quantitative estimate of drug-likeness (QED) is 0.510. The smallest absolute Gasteiger partial charge is 0.234 e. The maximum Gasteiger partial charge on any atom is 0.234 e. The normalized spacial score (nSPS) is 11.7. The van der Waals surface area contributed by atoms with Crippen molar-refractivity contribution in [3.8, 4) is 11.5 Å². The number of carbonyl (C=O) groups excluding carboxylic acids is 1. The van der Waals surface area contributed by atoms with Crippen LogP contribution in [0.4, 0.5) is 10.1 Å². The van der Waals surface area contributed by atoms with E-state index in [0.717, 1.165) is 0 Å². The minimum Gasteiger partial charge on any atom is -0.493 e. The third-order valence-electron chi connectivity index (χ3n) is 4.24. The minimum absolute atomic E-state index is 0.121. The summed E-state index contributed by atoms with van der Waals surface area (Å²) in [5.41, 5.74) is 0.414. The Morgan fingerprint density at radius 3 is 2.67 bits per heavy atom. The van der Waals surface area contributed by atoms with Crippen LogP contribution in [0.3, 0.4) is 0 Å². The van der Waals surface area contributed by atoms with Gasteiger partial charge in [0.2, 0.25) is 5.91 Å². The van der Waals surface area contributed by atoms with Crippen LogP contribution in [0.1, 0.15) is 25.8 Å². The van der Waals surface area contributed by atoms with Crippen LogP contribution in [0.25, 0.3) is 0 Å². The number of amides is 1. The summed E-state index contributed by atoms with van der Waals surface area (Å²) in [6, 6.07) is 13.2. The van der Waals surface area contributed by atoms with E-state index in [1.165, 1.54) is 23.9 Å². The fourth-order valence-electron chi connectivity index (χ4n) is 2.86. The Hall–Kier alpha value is -3.07. The van der Waals surface area contributed by atoms with E-state index in [4.69, 9.17) is 9.47 Å². The molecule has 3 aromatic rings. The van der Waals surface area contributed by atoms with Gasteiger partial charge in [0.25, 0.3) is 0 Å². The molecular weight excluding hydrogens is 407 g/mol. The van der Waals surface area contributed by atoms with E-state index in [2.05, 4.69) is 15.5 Å². The maximum absolute atomic E-state index is 13.3. The maximum atomic E-state index is 13.3. The molecule has 0 fully saturated rings. The molecule has 0 aliphatic carbocycles. The Labute approximate surface area is 178 Å². The van der Waals surface area contributed by atoms with Crippen LogP contribution in [-0.2, 0) is 11.3 Å². The topological polar surface area (TPSA) is 78.3 Å². The van der Waals surface area contributed by atoms with E-state index in [9.17, 15) is 9.18 Å². The van der Waals surface area contributed by atoms with Crippen LogP contribution >= 0.6 is 11.8 Å². The molecule has 30 heavy (non-hydrogen) atoms. The van der Waals surface area contributed by atoms with Crippen molar-refractivity contribution in [1.29, 1.82) is 0 Å². The van der Waals surface area contributed by atoms with Crippen molar-refractivity contribution in [3.05, 3.63) is 60.2 Å². The van der Waals surface area contributed by atoms with Gasteiger partial charge >= 0.3 is 0 Å². The highest BCUT2D eigenvalue weighted by Gasteiger charge is 2.20. The molecule has 2 aromatic carbocycles. The average Bonchev–Trinajstić information content (AvgIpc) is 3.15. The van der Waals surface area contributed by atoms with Crippen LogP contribution in [-0.4, -0.2) is 33.5 Å². The molecule has 1 unspecified atom stereocenters. The molecule has 0 radical (unpaired) electrons. The first kappa shape index (κ1) is 21.6. The van der Waals surface area contributed by atoms with Crippen molar-refractivity contribution in [2.24, 2.45) is 0 Å². The number of nitrogens with one attached hydrogen (secondary N) is 1. The van der Waals surface area contributed by atoms with Crippen LogP contribution < -0.4 is 14.8 Å². The molecule has 1 heterocycles. The zero-order chi connectivity index (χ0) is 21.5. The fourth-order valence-corrected chi connectivity index (χ4v) is 3.67. The van der Waals surface area contributed by atoms with Crippen molar-refractivity contribution >= 4 is 23.4 Å². The average molecular weight is 431 g/mol. The lowest BCUT2D eigenvalue weighted by Crippen LogP contribution is -2.15. The van der Waals surface area contributed by atoms with Gasteiger partial charge in [-0.25, -0.2) is 4.39 Å². The molecule has 0 aliphatic rings. The van der Waals surface area contributed by atoms with Crippen LogP contribution in [0.2, 0.25) is 0 Å². The molecule has 0 bridgehead atoms. The van der Waals surface area contributed by atoms with Gasteiger partial charge in [0.05, 0.1) is 12.9 Å². The number of rotatable bonds is 9. The zero-order valence-electron chi connectivity index (χ0n) is 17.0. The third kappa shape index (κ3) is 5.29. The van der Waals surface area contributed by atoms with E-state index in [1.54, 1.807) is 19.2 Å². The Balaban J connectivity index is 1.65. The summed E-state index contributed by atoms with van der Waals surface area (Å²) < 4.78 is 26.5. The Morgan fingerprint density at radius 2 is 1.97 bits per heavy atom. The predicted molar refractivity (Wildman–Crippen MR) is 113 cm³/mol. The summed E-state index contributed by atoms with van der Waals surface area (Å²) in [5, 5.41) is 11.7. The number of halogens is 1. The second-order valence-electron chi connectivity index (χ2n) is 6.34. The molecule has 158 valence electrons. The Kier molecular flexibility index (Phi) is 7.29. The summed E-state index contributed by atoms with van der Waals surface area (Å²) in [7, 11) is 1.59. The number of hydrogen-bond acceptors (Lipinski definition) is 6. The Bertz CT molecular complexity index is 1010. The molecule has 1 amide bonds. The number of anilines is 1. The van der Waals surface area contributed by atoms with Gasteiger partial charge in [-0.1, -0.05) is 30.0 Å². The van der Waals surface area contributed by atoms with E-state index < -0.39 is 5.82 Å². The minimum atomic E-state index is -0.403. The van der Waals surface area contributed by atoms with Crippen molar-refractivity contribution in [2.75, 3.05) is 18.2 Å². The number of hydrogen-bond donors (Lipinski definition) is 1. The summed E-state index contributed by atoms with van der Waals surface area (Å²) in [6.07, 6.45) is -0.371. The van der Waals surface area contributed by atoms with Gasteiger partial charge in [0.1, 0.15) is 5.82 Å². The van der Waals surface area contributed by atoms with Gasteiger partial charge in [0, 0.05) is 12.2 Å². The lowest BCUT2D eigenvalue weighted by atomic mass is 10.3. The zero-order valence-corrected chi connectivity index (χ0v) is 17.8. The standard InChI is InChI=1S/C21H23FN4O3S/c1-4-26-20(14(2)29-18-11-6-5-10-17(18)28-3)24-25-21(26)30-13-19(27)23-16-9-7-8-15(22)12-16/h5-12,14H,4,13H2,1-3H3,(H,23,27). The number of benzene rings is 2. The summed E-state index contributed by atoms with van der Waals surface area (Å²) in [6.45, 7) is 4.48. The number of aromatic nitrogens is 3.